The van der Waals surface area contributed by atoms with Gasteiger partial charge in [-0.1, -0.05) is 12.1 Å². The SMILES string of the molecule is Cc1cccc(NC(=O)N[C@H](C)C[C@H](O)c2cccs2)n1. The molecule has 0 saturated carbocycles. The van der Waals surface area contributed by atoms with Crippen molar-refractivity contribution in [2.45, 2.75) is 32.4 Å². The molecule has 6 heteroatoms. The van der Waals surface area contributed by atoms with Gasteiger partial charge in [-0.25, -0.2) is 9.78 Å². The molecule has 0 aliphatic heterocycles. The van der Waals surface area contributed by atoms with Crippen molar-refractivity contribution in [1.82, 2.24) is 10.3 Å². The molecule has 3 N–H and O–H groups in total. The molecule has 2 rings (SSSR count). The Morgan fingerprint density at radius 2 is 2.19 bits per heavy atom. The fourth-order valence-corrected chi connectivity index (χ4v) is 2.70. The summed E-state index contributed by atoms with van der Waals surface area (Å²) in [5, 5.41) is 17.4. The molecule has 21 heavy (non-hydrogen) atoms. The Bertz CT molecular complexity index is 586. The van der Waals surface area contributed by atoms with Crippen LogP contribution in [0.15, 0.2) is 35.7 Å². The van der Waals surface area contributed by atoms with Gasteiger partial charge in [-0.2, -0.15) is 0 Å². The van der Waals surface area contributed by atoms with Crippen LogP contribution in [0.3, 0.4) is 0 Å². The van der Waals surface area contributed by atoms with Crippen molar-refractivity contribution in [3.8, 4) is 0 Å². The number of aliphatic hydroxyl groups excluding tert-OH is 1. The fourth-order valence-electron chi connectivity index (χ4n) is 1.98. The summed E-state index contributed by atoms with van der Waals surface area (Å²) in [5.41, 5.74) is 0.842. The normalized spacial score (nSPS) is 13.5. The monoisotopic (exact) mass is 305 g/mol. The van der Waals surface area contributed by atoms with E-state index in [1.54, 1.807) is 6.07 Å². The first-order valence-corrected chi connectivity index (χ1v) is 7.65. The zero-order chi connectivity index (χ0) is 15.2. The zero-order valence-corrected chi connectivity index (χ0v) is 12.9. The summed E-state index contributed by atoms with van der Waals surface area (Å²) in [7, 11) is 0. The van der Waals surface area contributed by atoms with Crippen LogP contribution in [0.5, 0.6) is 0 Å². The Morgan fingerprint density at radius 3 is 2.86 bits per heavy atom. The minimum Gasteiger partial charge on any atom is -0.387 e. The number of anilines is 1. The largest absolute Gasteiger partial charge is 0.387 e. The molecule has 112 valence electrons. The number of aryl methyl sites for hydroxylation is 1. The van der Waals surface area contributed by atoms with Crippen molar-refractivity contribution in [2.75, 3.05) is 5.32 Å². The molecule has 0 bridgehead atoms. The summed E-state index contributed by atoms with van der Waals surface area (Å²) in [5.74, 6) is 0.513. The third kappa shape index (κ3) is 4.84. The van der Waals surface area contributed by atoms with Crippen LogP contribution >= 0.6 is 11.3 Å². The maximum atomic E-state index is 11.9. The number of nitrogens with one attached hydrogen (secondary N) is 2. The molecule has 2 aromatic rings. The molecule has 0 aliphatic carbocycles. The number of carbonyl (C=O) groups excluding carboxylic acids is 1. The van der Waals surface area contributed by atoms with E-state index in [1.165, 1.54) is 11.3 Å². The van der Waals surface area contributed by atoms with Gasteiger partial charge in [0.1, 0.15) is 5.82 Å². The number of rotatable bonds is 5. The summed E-state index contributed by atoms with van der Waals surface area (Å²) in [6.07, 6.45) is -0.0905. The van der Waals surface area contributed by atoms with E-state index >= 15 is 0 Å². The number of thiophene rings is 1. The smallest absolute Gasteiger partial charge is 0.320 e. The van der Waals surface area contributed by atoms with Crippen LogP contribution in [0, 0.1) is 6.92 Å². The maximum absolute atomic E-state index is 11.9. The molecule has 0 fully saturated rings. The molecule has 5 nitrogen and oxygen atoms in total. The van der Waals surface area contributed by atoms with Crippen molar-refractivity contribution in [2.24, 2.45) is 0 Å². The maximum Gasteiger partial charge on any atom is 0.320 e. The molecule has 2 aromatic heterocycles. The predicted octanol–water partition coefficient (Wildman–Crippen LogP) is 3.09. The van der Waals surface area contributed by atoms with Gasteiger partial charge in [0.15, 0.2) is 0 Å². The number of amides is 2. The van der Waals surface area contributed by atoms with Crippen LogP contribution in [0.25, 0.3) is 0 Å². The second-order valence-electron chi connectivity index (χ2n) is 4.93. The van der Waals surface area contributed by atoms with Crippen molar-refractivity contribution in [3.05, 3.63) is 46.3 Å². The third-order valence-corrected chi connectivity index (χ3v) is 3.93. The molecule has 2 heterocycles. The van der Waals surface area contributed by atoms with E-state index < -0.39 is 6.10 Å². The lowest BCUT2D eigenvalue weighted by molar-refractivity contribution is 0.158. The molecule has 0 spiro atoms. The third-order valence-electron chi connectivity index (χ3n) is 2.96. The standard InChI is InChI=1S/C15H19N3O2S/c1-10-5-3-7-14(16-10)18-15(20)17-11(2)9-12(19)13-6-4-8-21-13/h3-8,11-12,19H,9H2,1-2H3,(H2,16,17,18,20)/t11-,12+/m1/s1. The lowest BCUT2D eigenvalue weighted by Gasteiger charge is -2.17. The Labute approximate surface area is 128 Å². The van der Waals surface area contributed by atoms with E-state index in [-0.39, 0.29) is 12.1 Å². The topological polar surface area (TPSA) is 74.2 Å². The first-order valence-electron chi connectivity index (χ1n) is 6.77. The summed E-state index contributed by atoms with van der Waals surface area (Å²) in [4.78, 5) is 17.0. The highest BCUT2D eigenvalue weighted by molar-refractivity contribution is 7.10. The first kappa shape index (κ1) is 15.5. The van der Waals surface area contributed by atoms with Gasteiger partial charge in [-0.15, -0.1) is 11.3 Å². The average molecular weight is 305 g/mol. The molecule has 0 saturated heterocycles. The molecule has 0 aliphatic rings. The van der Waals surface area contributed by atoms with Gasteiger partial charge in [-0.05, 0) is 43.8 Å². The highest BCUT2D eigenvalue weighted by atomic mass is 32.1. The van der Waals surface area contributed by atoms with Crippen LogP contribution in [0.2, 0.25) is 0 Å². The summed E-state index contributed by atoms with van der Waals surface area (Å²) in [6, 6.07) is 8.75. The van der Waals surface area contributed by atoms with Gasteiger partial charge in [0.25, 0.3) is 0 Å². The number of hydrogen-bond acceptors (Lipinski definition) is 4. The quantitative estimate of drug-likeness (QED) is 0.794. The summed E-state index contributed by atoms with van der Waals surface area (Å²) < 4.78 is 0. The lowest BCUT2D eigenvalue weighted by Crippen LogP contribution is -2.37. The van der Waals surface area contributed by atoms with Crippen LogP contribution in [0.1, 0.15) is 30.0 Å². The highest BCUT2D eigenvalue weighted by Crippen LogP contribution is 2.22. The molecule has 0 radical (unpaired) electrons. The fraction of sp³-hybridized carbons (Fsp3) is 0.333. The Balaban J connectivity index is 1.82. The first-order chi connectivity index (χ1) is 10.0. The highest BCUT2D eigenvalue weighted by Gasteiger charge is 2.15. The minimum atomic E-state index is -0.558. The van der Waals surface area contributed by atoms with Crippen LogP contribution < -0.4 is 10.6 Å². The van der Waals surface area contributed by atoms with Crippen molar-refractivity contribution in [3.63, 3.8) is 0 Å². The summed E-state index contributed by atoms with van der Waals surface area (Å²) in [6.45, 7) is 3.73. The van der Waals surface area contributed by atoms with E-state index in [0.29, 0.717) is 12.2 Å². The van der Waals surface area contributed by atoms with Crippen LogP contribution in [0.4, 0.5) is 10.6 Å². The van der Waals surface area contributed by atoms with Crippen molar-refractivity contribution in [1.29, 1.82) is 0 Å². The number of nitrogens with zero attached hydrogens (tertiary/aromatic N) is 1. The number of pyridine rings is 1. The number of aliphatic hydroxyl groups is 1. The Kier molecular flexibility index (Phi) is 5.30. The predicted molar refractivity (Wildman–Crippen MR) is 84.5 cm³/mol. The second-order valence-corrected chi connectivity index (χ2v) is 5.91. The van der Waals surface area contributed by atoms with Gasteiger partial charge in [0, 0.05) is 16.6 Å². The lowest BCUT2D eigenvalue weighted by atomic mass is 10.1. The van der Waals surface area contributed by atoms with Crippen LogP contribution in [-0.4, -0.2) is 22.2 Å². The average Bonchev–Trinajstić information content (AvgIpc) is 2.91. The van der Waals surface area contributed by atoms with E-state index in [9.17, 15) is 9.90 Å². The van der Waals surface area contributed by atoms with Gasteiger partial charge >= 0.3 is 6.03 Å². The van der Waals surface area contributed by atoms with Crippen molar-refractivity contribution < 1.29 is 9.90 Å². The van der Waals surface area contributed by atoms with E-state index in [2.05, 4.69) is 15.6 Å². The molecule has 2 amide bonds. The molecule has 0 aromatic carbocycles. The van der Waals surface area contributed by atoms with Gasteiger partial charge in [0.2, 0.25) is 0 Å². The zero-order valence-electron chi connectivity index (χ0n) is 12.0. The second kappa shape index (κ2) is 7.19. The van der Waals surface area contributed by atoms with Crippen LogP contribution in [-0.2, 0) is 0 Å². The van der Waals surface area contributed by atoms with E-state index in [0.717, 1.165) is 10.6 Å². The number of hydrogen-bond donors (Lipinski definition) is 3. The van der Waals surface area contributed by atoms with Gasteiger partial charge in [-0.3, -0.25) is 5.32 Å². The Morgan fingerprint density at radius 1 is 1.38 bits per heavy atom. The Hall–Kier alpha value is -1.92. The minimum absolute atomic E-state index is 0.146. The van der Waals surface area contributed by atoms with Gasteiger partial charge in [0.05, 0.1) is 6.10 Å². The van der Waals surface area contributed by atoms with Crippen molar-refractivity contribution >= 4 is 23.2 Å². The number of aromatic nitrogens is 1. The van der Waals surface area contributed by atoms with E-state index in [4.69, 9.17) is 0 Å². The van der Waals surface area contributed by atoms with E-state index in [1.807, 2.05) is 43.5 Å². The summed E-state index contributed by atoms with van der Waals surface area (Å²) >= 11 is 1.51. The number of urea groups is 1. The molecule has 0 unspecified atom stereocenters. The molecular weight excluding hydrogens is 286 g/mol. The number of carbonyl (C=O) groups is 1. The molecular formula is C15H19N3O2S. The van der Waals surface area contributed by atoms with Gasteiger partial charge < -0.3 is 10.4 Å². The molecule has 2 atom stereocenters.